The van der Waals surface area contributed by atoms with E-state index in [9.17, 15) is 14.9 Å². The van der Waals surface area contributed by atoms with Gasteiger partial charge in [-0.3, -0.25) is 14.2 Å². The van der Waals surface area contributed by atoms with Gasteiger partial charge in [-0.1, -0.05) is 12.1 Å². The normalized spacial score (nSPS) is 10.5. The van der Waals surface area contributed by atoms with Crippen molar-refractivity contribution in [1.29, 1.82) is 5.26 Å². The van der Waals surface area contributed by atoms with E-state index in [0.717, 1.165) is 10.4 Å². The minimum absolute atomic E-state index is 0.155. The molecule has 0 unspecified atom stereocenters. The first kappa shape index (κ1) is 15.9. The van der Waals surface area contributed by atoms with Gasteiger partial charge in [-0.2, -0.15) is 5.26 Å². The van der Waals surface area contributed by atoms with Gasteiger partial charge in [0.15, 0.2) is 0 Å². The van der Waals surface area contributed by atoms with Crippen LogP contribution in [0.1, 0.15) is 16.0 Å². The van der Waals surface area contributed by atoms with Gasteiger partial charge >= 0.3 is 0 Å². The highest BCUT2D eigenvalue weighted by Crippen LogP contribution is 2.31. The van der Waals surface area contributed by atoms with E-state index in [1.54, 1.807) is 24.3 Å². The number of para-hydroxylation sites is 1. The molecule has 2 aromatic heterocycles. The van der Waals surface area contributed by atoms with E-state index >= 15 is 0 Å². The number of nitriles is 1. The molecule has 0 saturated heterocycles. The molecule has 0 fully saturated rings. The van der Waals surface area contributed by atoms with E-state index < -0.39 is 0 Å². The van der Waals surface area contributed by atoms with Gasteiger partial charge in [-0.25, -0.2) is 4.98 Å². The van der Waals surface area contributed by atoms with Gasteiger partial charge in [0, 0.05) is 4.88 Å². The molecule has 1 amide bonds. The predicted octanol–water partition coefficient (Wildman–Crippen LogP) is 2.59. The van der Waals surface area contributed by atoms with Gasteiger partial charge in [-0.15, -0.1) is 11.3 Å². The van der Waals surface area contributed by atoms with Crippen LogP contribution in [0.2, 0.25) is 0 Å². The van der Waals surface area contributed by atoms with E-state index in [1.165, 1.54) is 22.2 Å². The van der Waals surface area contributed by atoms with Crippen LogP contribution in [0, 0.1) is 25.2 Å². The van der Waals surface area contributed by atoms with Crippen LogP contribution in [0.3, 0.4) is 0 Å². The number of carbonyl (C=O) groups is 1. The van der Waals surface area contributed by atoms with Crippen LogP contribution in [-0.2, 0) is 11.3 Å². The van der Waals surface area contributed by atoms with E-state index in [4.69, 9.17) is 0 Å². The second-order valence-corrected chi connectivity index (χ2v) is 6.57. The first-order chi connectivity index (χ1) is 11.5. The number of benzene rings is 1. The third-order valence-corrected chi connectivity index (χ3v) is 4.92. The topological polar surface area (TPSA) is 87.8 Å². The minimum atomic E-state index is -0.369. The van der Waals surface area contributed by atoms with Crippen molar-refractivity contribution in [2.24, 2.45) is 0 Å². The Kier molecular flexibility index (Phi) is 4.15. The molecular formula is C17H14N4O2S. The quantitative estimate of drug-likeness (QED) is 0.795. The van der Waals surface area contributed by atoms with Crippen LogP contribution in [-0.4, -0.2) is 15.5 Å². The summed E-state index contributed by atoms with van der Waals surface area (Å²) in [5.74, 6) is -0.369. The highest BCUT2D eigenvalue weighted by atomic mass is 32.1. The zero-order chi connectivity index (χ0) is 17.3. The fraction of sp³-hybridized carbons (Fsp3) is 0.176. The summed E-state index contributed by atoms with van der Waals surface area (Å²) in [4.78, 5) is 29.8. The number of anilines is 1. The van der Waals surface area contributed by atoms with Crippen molar-refractivity contribution in [2.75, 3.05) is 5.32 Å². The van der Waals surface area contributed by atoms with Crippen molar-refractivity contribution in [3.63, 3.8) is 0 Å². The molecule has 1 N–H and O–H groups in total. The van der Waals surface area contributed by atoms with Crippen molar-refractivity contribution in [3.05, 3.63) is 57.0 Å². The van der Waals surface area contributed by atoms with Gasteiger partial charge in [0.25, 0.3) is 5.56 Å². The predicted molar refractivity (Wildman–Crippen MR) is 93.1 cm³/mol. The van der Waals surface area contributed by atoms with Gasteiger partial charge in [0.05, 0.1) is 22.8 Å². The monoisotopic (exact) mass is 338 g/mol. The maximum atomic E-state index is 12.4. The third-order valence-electron chi connectivity index (χ3n) is 3.80. The molecule has 0 radical (unpaired) electrons. The molecule has 0 aliphatic rings. The summed E-state index contributed by atoms with van der Waals surface area (Å²) in [5.41, 5.74) is 1.66. The Morgan fingerprint density at radius 2 is 2.12 bits per heavy atom. The Morgan fingerprint density at radius 3 is 2.88 bits per heavy atom. The van der Waals surface area contributed by atoms with E-state index in [-0.39, 0.29) is 18.0 Å². The van der Waals surface area contributed by atoms with Gasteiger partial charge < -0.3 is 5.32 Å². The number of hydrogen-bond acceptors (Lipinski definition) is 5. The molecule has 3 rings (SSSR count). The number of hydrogen-bond donors (Lipinski definition) is 1. The fourth-order valence-electron chi connectivity index (χ4n) is 2.39. The Morgan fingerprint density at radius 1 is 1.38 bits per heavy atom. The van der Waals surface area contributed by atoms with Crippen LogP contribution >= 0.6 is 11.3 Å². The van der Waals surface area contributed by atoms with E-state index in [1.807, 2.05) is 13.8 Å². The maximum Gasteiger partial charge on any atom is 0.261 e. The molecule has 24 heavy (non-hydrogen) atoms. The summed E-state index contributed by atoms with van der Waals surface area (Å²) in [5, 5.41) is 12.9. The average Bonchev–Trinajstić information content (AvgIpc) is 2.84. The molecule has 1 aromatic carbocycles. The summed E-state index contributed by atoms with van der Waals surface area (Å²) in [6.45, 7) is 3.59. The summed E-state index contributed by atoms with van der Waals surface area (Å²) in [6, 6.07) is 9.09. The molecule has 0 atom stereocenters. The summed E-state index contributed by atoms with van der Waals surface area (Å²) >= 11 is 1.35. The van der Waals surface area contributed by atoms with Gasteiger partial charge in [0.2, 0.25) is 5.91 Å². The lowest BCUT2D eigenvalue weighted by molar-refractivity contribution is -0.116. The molecule has 0 aliphatic carbocycles. The number of aryl methyl sites for hydroxylation is 1. The number of thiophene rings is 1. The average molecular weight is 338 g/mol. The van der Waals surface area contributed by atoms with Crippen LogP contribution in [0.5, 0.6) is 0 Å². The second-order valence-electron chi connectivity index (χ2n) is 5.34. The first-order valence-corrected chi connectivity index (χ1v) is 8.07. The molecular weight excluding hydrogens is 324 g/mol. The molecule has 0 bridgehead atoms. The van der Waals surface area contributed by atoms with Crippen molar-refractivity contribution in [2.45, 2.75) is 20.4 Å². The first-order valence-electron chi connectivity index (χ1n) is 7.25. The number of nitrogens with zero attached hydrogens (tertiary/aromatic N) is 3. The Labute approximate surface area is 142 Å². The fourth-order valence-corrected chi connectivity index (χ4v) is 3.42. The maximum absolute atomic E-state index is 12.4. The zero-order valence-electron chi connectivity index (χ0n) is 13.2. The smallest absolute Gasteiger partial charge is 0.261 e. The largest absolute Gasteiger partial charge is 0.315 e. The number of carbonyl (C=O) groups excluding carboxylic acids is 1. The molecule has 0 spiro atoms. The molecule has 7 heteroatoms. The van der Waals surface area contributed by atoms with Crippen molar-refractivity contribution < 1.29 is 4.79 Å². The second kappa shape index (κ2) is 6.26. The Balaban J connectivity index is 1.86. The Bertz CT molecular complexity index is 1040. The number of aromatic nitrogens is 2. The minimum Gasteiger partial charge on any atom is -0.315 e. The lowest BCUT2D eigenvalue weighted by Gasteiger charge is -2.07. The van der Waals surface area contributed by atoms with Crippen LogP contribution in [0.15, 0.2) is 35.4 Å². The van der Waals surface area contributed by atoms with Crippen molar-refractivity contribution in [1.82, 2.24) is 9.55 Å². The van der Waals surface area contributed by atoms with E-state index in [2.05, 4.69) is 16.4 Å². The van der Waals surface area contributed by atoms with Crippen LogP contribution in [0.4, 0.5) is 5.00 Å². The van der Waals surface area contributed by atoms with Crippen LogP contribution < -0.4 is 10.9 Å². The summed E-state index contributed by atoms with van der Waals surface area (Å²) in [7, 11) is 0. The molecule has 2 heterocycles. The highest BCUT2D eigenvalue weighted by Gasteiger charge is 2.15. The number of nitrogens with one attached hydrogen (secondary N) is 1. The van der Waals surface area contributed by atoms with Crippen molar-refractivity contribution >= 4 is 33.1 Å². The lowest BCUT2D eigenvalue weighted by Crippen LogP contribution is -2.27. The lowest BCUT2D eigenvalue weighted by atomic mass is 10.2. The van der Waals surface area contributed by atoms with Gasteiger partial charge in [-0.05, 0) is 31.5 Å². The Hall–Kier alpha value is -2.98. The van der Waals surface area contributed by atoms with E-state index in [0.29, 0.717) is 21.5 Å². The molecule has 6 nitrogen and oxygen atoms in total. The SMILES string of the molecule is Cc1sc(NC(=O)Cn2cnc3ccccc3c2=O)c(C#N)c1C. The molecule has 120 valence electrons. The standard InChI is InChI=1S/C17H14N4O2S/c1-10-11(2)24-16(13(10)7-18)20-15(22)8-21-9-19-14-6-4-3-5-12(14)17(21)23/h3-6,9H,8H2,1-2H3,(H,20,22). The molecule has 0 saturated carbocycles. The summed E-state index contributed by atoms with van der Waals surface area (Å²) < 4.78 is 1.26. The molecule has 0 aliphatic heterocycles. The third kappa shape index (κ3) is 2.79. The highest BCUT2D eigenvalue weighted by molar-refractivity contribution is 7.16. The van der Waals surface area contributed by atoms with Crippen molar-refractivity contribution in [3.8, 4) is 6.07 Å². The van der Waals surface area contributed by atoms with Gasteiger partial charge in [0.1, 0.15) is 17.6 Å². The molecule has 3 aromatic rings. The van der Waals surface area contributed by atoms with Crippen LogP contribution in [0.25, 0.3) is 10.9 Å². The zero-order valence-corrected chi connectivity index (χ0v) is 14.0. The number of fused-ring (bicyclic) bond motifs is 1. The number of rotatable bonds is 3. The summed E-state index contributed by atoms with van der Waals surface area (Å²) in [6.07, 6.45) is 1.36. The number of amides is 1.